The second-order valence-electron chi connectivity index (χ2n) is 9.29. The summed E-state index contributed by atoms with van der Waals surface area (Å²) < 4.78 is 46.7. The zero-order chi connectivity index (χ0) is 21.0. The van der Waals surface area contributed by atoms with Gasteiger partial charge in [-0.3, -0.25) is 4.79 Å². The molecule has 1 aromatic carbocycles. The molecule has 6 nitrogen and oxygen atoms in total. The molecule has 1 saturated heterocycles. The summed E-state index contributed by atoms with van der Waals surface area (Å²) in [5, 5.41) is 3.01. The van der Waals surface area contributed by atoms with Gasteiger partial charge in [-0.2, -0.15) is 4.31 Å². The Labute approximate surface area is 171 Å². The van der Waals surface area contributed by atoms with E-state index in [0.29, 0.717) is 19.1 Å². The Bertz CT molecular complexity index is 927. The number of hydrogen-bond acceptors (Lipinski definition) is 4. The zero-order valence-corrected chi connectivity index (χ0v) is 18.0. The maximum Gasteiger partial charge on any atom is 0.254 e. The summed E-state index contributed by atoms with van der Waals surface area (Å²) in [6, 6.07) is 3.41. The molecule has 4 rings (SSSR count). The van der Waals surface area contributed by atoms with Crippen molar-refractivity contribution >= 4 is 15.9 Å². The number of nitrogens with one attached hydrogen (secondary N) is 1. The fourth-order valence-corrected chi connectivity index (χ4v) is 6.87. The Balaban J connectivity index is 1.58. The van der Waals surface area contributed by atoms with Gasteiger partial charge in [-0.25, -0.2) is 12.8 Å². The molecule has 3 unspecified atom stereocenters. The number of amides is 1. The van der Waals surface area contributed by atoms with E-state index in [1.54, 1.807) is 0 Å². The van der Waals surface area contributed by atoms with E-state index in [1.165, 1.54) is 10.4 Å². The molecule has 2 saturated carbocycles. The highest BCUT2D eigenvalue weighted by atomic mass is 32.2. The molecule has 0 aromatic heterocycles. The van der Waals surface area contributed by atoms with Crippen LogP contribution in [0.3, 0.4) is 0 Å². The molecule has 160 valence electrons. The van der Waals surface area contributed by atoms with Gasteiger partial charge in [0.05, 0.1) is 23.7 Å². The highest BCUT2D eigenvalue weighted by Gasteiger charge is 2.61. The van der Waals surface area contributed by atoms with Crippen LogP contribution in [0.25, 0.3) is 0 Å². The molecular formula is C21H29FN2O4S. The lowest BCUT2D eigenvalue weighted by atomic mass is 9.69. The predicted octanol–water partition coefficient (Wildman–Crippen LogP) is 2.79. The van der Waals surface area contributed by atoms with Crippen LogP contribution >= 0.6 is 0 Å². The van der Waals surface area contributed by atoms with Crippen molar-refractivity contribution in [3.8, 4) is 0 Å². The van der Waals surface area contributed by atoms with Gasteiger partial charge in [-0.05, 0) is 54.2 Å². The average Bonchev–Trinajstić information content (AvgIpc) is 3.02. The fourth-order valence-electron chi connectivity index (χ4n) is 5.43. The van der Waals surface area contributed by atoms with Crippen LogP contribution in [-0.2, 0) is 14.8 Å². The second kappa shape index (κ2) is 7.03. The minimum atomic E-state index is -3.79. The smallest absolute Gasteiger partial charge is 0.254 e. The summed E-state index contributed by atoms with van der Waals surface area (Å²) in [5.74, 6) is -0.720. The summed E-state index contributed by atoms with van der Waals surface area (Å²) >= 11 is 0. The molecule has 8 heteroatoms. The summed E-state index contributed by atoms with van der Waals surface area (Å²) in [4.78, 5) is 12.9. The Morgan fingerprint density at radius 3 is 2.52 bits per heavy atom. The molecule has 3 fully saturated rings. The Hall–Kier alpha value is -1.51. The van der Waals surface area contributed by atoms with Gasteiger partial charge in [0, 0.05) is 19.1 Å². The van der Waals surface area contributed by atoms with Crippen LogP contribution in [0, 0.1) is 22.6 Å². The third-order valence-electron chi connectivity index (χ3n) is 7.89. The average molecular weight is 425 g/mol. The number of rotatable bonds is 4. The second-order valence-corrected chi connectivity index (χ2v) is 11.2. The van der Waals surface area contributed by atoms with Crippen LogP contribution in [0.2, 0.25) is 0 Å². The molecule has 1 aliphatic heterocycles. The molecule has 2 bridgehead atoms. The van der Waals surface area contributed by atoms with Crippen LogP contribution in [0.5, 0.6) is 0 Å². The van der Waals surface area contributed by atoms with Crippen molar-refractivity contribution in [3.63, 3.8) is 0 Å². The maximum atomic E-state index is 14.5. The third-order valence-corrected chi connectivity index (χ3v) is 9.78. The first-order chi connectivity index (χ1) is 13.6. The van der Waals surface area contributed by atoms with E-state index in [0.717, 1.165) is 31.4 Å². The number of hydrogen-bond donors (Lipinski definition) is 1. The highest BCUT2D eigenvalue weighted by molar-refractivity contribution is 7.89. The van der Waals surface area contributed by atoms with E-state index in [-0.39, 0.29) is 40.4 Å². The zero-order valence-electron chi connectivity index (χ0n) is 17.2. The topological polar surface area (TPSA) is 75.7 Å². The number of halogens is 1. The van der Waals surface area contributed by atoms with Gasteiger partial charge >= 0.3 is 0 Å². The van der Waals surface area contributed by atoms with E-state index in [9.17, 15) is 17.6 Å². The van der Waals surface area contributed by atoms with Crippen molar-refractivity contribution in [3.05, 3.63) is 29.6 Å². The minimum absolute atomic E-state index is 0.0392. The van der Waals surface area contributed by atoms with E-state index >= 15 is 0 Å². The van der Waals surface area contributed by atoms with Crippen molar-refractivity contribution in [2.45, 2.75) is 51.0 Å². The molecule has 1 heterocycles. The summed E-state index contributed by atoms with van der Waals surface area (Å²) in [6.07, 6.45) is 3.06. The number of sulfonamides is 1. The van der Waals surface area contributed by atoms with Gasteiger partial charge in [-0.1, -0.05) is 20.8 Å². The van der Waals surface area contributed by atoms with Crippen LogP contribution < -0.4 is 5.32 Å². The van der Waals surface area contributed by atoms with Crippen molar-refractivity contribution in [2.75, 3.05) is 26.3 Å². The molecular weight excluding hydrogens is 395 g/mol. The Kier molecular flexibility index (Phi) is 5.03. The first-order valence-corrected chi connectivity index (χ1v) is 11.7. The lowest BCUT2D eigenvalue weighted by Gasteiger charge is -2.39. The third kappa shape index (κ3) is 3.20. The van der Waals surface area contributed by atoms with E-state index in [1.807, 2.05) is 0 Å². The number of carbonyl (C=O) groups excluding carboxylic acids is 1. The lowest BCUT2D eigenvalue weighted by molar-refractivity contribution is 0.0730. The van der Waals surface area contributed by atoms with Gasteiger partial charge in [0.15, 0.2) is 0 Å². The molecule has 2 aliphatic carbocycles. The molecule has 3 atom stereocenters. The normalized spacial score (nSPS) is 31.7. The largest absolute Gasteiger partial charge is 0.379 e. The molecule has 29 heavy (non-hydrogen) atoms. The number of fused-ring (bicyclic) bond motifs is 2. The molecule has 3 aliphatic rings. The SMILES string of the molecule is CC1(C)C2CCC1(C)C(NC(=O)c1cc(S(=O)(=O)N3CCOCC3)ccc1F)C2. The van der Waals surface area contributed by atoms with Gasteiger partial charge in [0.25, 0.3) is 5.91 Å². The molecule has 0 spiro atoms. The Morgan fingerprint density at radius 2 is 1.93 bits per heavy atom. The quantitative estimate of drug-likeness (QED) is 0.807. The van der Waals surface area contributed by atoms with E-state index < -0.39 is 21.7 Å². The predicted molar refractivity (Wildman–Crippen MR) is 106 cm³/mol. The van der Waals surface area contributed by atoms with Gasteiger partial charge in [0.1, 0.15) is 5.82 Å². The van der Waals surface area contributed by atoms with Gasteiger partial charge in [-0.15, -0.1) is 0 Å². The van der Waals surface area contributed by atoms with Crippen LogP contribution in [-0.4, -0.2) is 51.0 Å². The Morgan fingerprint density at radius 1 is 1.24 bits per heavy atom. The van der Waals surface area contributed by atoms with E-state index in [2.05, 4.69) is 26.1 Å². The van der Waals surface area contributed by atoms with Gasteiger partial charge < -0.3 is 10.1 Å². The van der Waals surface area contributed by atoms with Crippen LogP contribution in [0.15, 0.2) is 23.1 Å². The minimum Gasteiger partial charge on any atom is -0.379 e. The van der Waals surface area contributed by atoms with Crippen molar-refractivity contribution in [1.82, 2.24) is 9.62 Å². The number of ether oxygens (including phenoxy) is 1. The fraction of sp³-hybridized carbons (Fsp3) is 0.667. The summed E-state index contributed by atoms with van der Waals surface area (Å²) in [5.41, 5.74) is -0.143. The molecule has 1 aromatic rings. The monoisotopic (exact) mass is 424 g/mol. The van der Waals surface area contributed by atoms with Crippen LogP contribution in [0.4, 0.5) is 4.39 Å². The maximum absolute atomic E-state index is 14.5. The summed E-state index contributed by atoms with van der Waals surface area (Å²) in [6.45, 7) is 7.83. The first kappa shape index (κ1) is 20.8. The van der Waals surface area contributed by atoms with Gasteiger partial charge in [0.2, 0.25) is 10.0 Å². The standard InChI is InChI=1S/C21H29FN2O4S/c1-20(2)14-6-7-21(20,3)18(12-14)23-19(25)16-13-15(4-5-17(16)22)29(26,27)24-8-10-28-11-9-24/h4-5,13-14,18H,6-12H2,1-3H3,(H,23,25). The lowest BCUT2D eigenvalue weighted by Crippen LogP contribution is -2.47. The van der Waals surface area contributed by atoms with E-state index in [4.69, 9.17) is 4.74 Å². The first-order valence-electron chi connectivity index (χ1n) is 10.3. The van der Waals surface area contributed by atoms with Crippen molar-refractivity contribution in [1.29, 1.82) is 0 Å². The molecule has 1 N–H and O–H groups in total. The number of carbonyl (C=O) groups is 1. The van der Waals surface area contributed by atoms with Crippen molar-refractivity contribution < 1.29 is 22.3 Å². The number of morpholine rings is 1. The van der Waals surface area contributed by atoms with Crippen LogP contribution in [0.1, 0.15) is 50.4 Å². The number of nitrogens with zero attached hydrogens (tertiary/aromatic N) is 1. The molecule has 0 radical (unpaired) electrons. The number of benzene rings is 1. The highest BCUT2D eigenvalue weighted by Crippen LogP contribution is 2.65. The molecule has 1 amide bonds. The van der Waals surface area contributed by atoms with Crippen molar-refractivity contribution in [2.24, 2.45) is 16.7 Å². The summed E-state index contributed by atoms with van der Waals surface area (Å²) in [7, 11) is -3.79.